The summed E-state index contributed by atoms with van der Waals surface area (Å²) in [5.41, 5.74) is 3.72. The maximum absolute atomic E-state index is 5.55. The second-order valence-corrected chi connectivity index (χ2v) is 9.54. The van der Waals surface area contributed by atoms with E-state index in [0.29, 0.717) is 12.0 Å². The summed E-state index contributed by atoms with van der Waals surface area (Å²) in [6.45, 7) is 1.81. The van der Waals surface area contributed by atoms with E-state index in [9.17, 15) is 0 Å². The fourth-order valence-corrected chi connectivity index (χ4v) is 5.21. The standard InChI is InChI=1S/C26H39N5O2/c1-31(2)25-21-9-5-6-10-22(21)29-26(30-25)28-20-14-12-18(13-15-20)16-27-17-19-8-7-11-23(32-3)24(19)33-4/h7-8,11,18,20,27H,5-6,9-10,12-17H2,1-4H3,(H,28,29,30). The number of anilines is 2. The number of para-hydroxylation sites is 1. The third-order valence-corrected chi connectivity index (χ3v) is 7.00. The number of ether oxygens (including phenoxy) is 2. The van der Waals surface area contributed by atoms with Gasteiger partial charge in [-0.15, -0.1) is 0 Å². The van der Waals surface area contributed by atoms with E-state index in [-0.39, 0.29) is 0 Å². The summed E-state index contributed by atoms with van der Waals surface area (Å²) < 4.78 is 11.0. The van der Waals surface area contributed by atoms with Gasteiger partial charge in [-0.25, -0.2) is 4.98 Å². The molecule has 2 aromatic rings. The molecule has 0 unspecified atom stereocenters. The van der Waals surface area contributed by atoms with E-state index in [0.717, 1.165) is 67.6 Å². The Labute approximate surface area is 198 Å². The van der Waals surface area contributed by atoms with Crippen LogP contribution in [0.15, 0.2) is 18.2 Å². The minimum atomic E-state index is 0.455. The van der Waals surface area contributed by atoms with Crippen LogP contribution in [0.5, 0.6) is 11.5 Å². The second kappa shape index (κ2) is 11.1. The van der Waals surface area contributed by atoms with E-state index in [4.69, 9.17) is 19.4 Å². The van der Waals surface area contributed by atoms with Gasteiger partial charge < -0.3 is 25.0 Å². The third-order valence-electron chi connectivity index (χ3n) is 7.00. The van der Waals surface area contributed by atoms with Crippen molar-refractivity contribution in [3.05, 3.63) is 35.0 Å². The Bertz CT molecular complexity index is 925. The number of nitrogens with zero attached hydrogens (tertiary/aromatic N) is 3. The van der Waals surface area contributed by atoms with Crippen molar-refractivity contribution in [1.29, 1.82) is 0 Å². The summed E-state index contributed by atoms with van der Waals surface area (Å²) in [5, 5.41) is 7.29. The van der Waals surface area contributed by atoms with Crippen LogP contribution < -0.4 is 25.0 Å². The van der Waals surface area contributed by atoms with Crippen molar-refractivity contribution < 1.29 is 9.47 Å². The lowest BCUT2D eigenvalue weighted by molar-refractivity contribution is 0.321. The first-order chi connectivity index (χ1) is 16.1. The molecule has 7 heteroatoms. The molecule has 2 N–H and O–H groups in total. The number of benzene rings is 1. The third kappa shape index (κ3) is 5.69. The van der Waals surface area contributed by atoms with Gasteiger partial charge in [0.05, 0.1) is 19.9 Å². The monoisotopic (exact) mass is 453 g/mol. The minimum Gasteiger partial charge on any atom is -0.493 e. The fourth-order valence-electron chi connectivity index (χ4n) is 5.21. The molecule has 0 bridgehead atoms. The molecule has 0 spiro atoms. The predicted molar refractivity (Wildman–Crippen MR) is 134 cm³/mol. The highest BCUT2D eigenvalue weighted by atomic mass is 16.5. The van der Waals surface area contributed by atoms with Crippen LogP contribution in [0.25, 0.3) is 0 Å². The quantitative estimate of drug-likeness (QED) is 0.590. The van der Waals surface area contributed by atoms with Gasteiger partial charge in [0.1, 0.15) is 5.82 Å². The zero-order valence-electron chi connectivity index (χ0n) is 20.6. The fraction of sp³-hybridized carbons (Fsp3) is 0.615. The van der Waals surface area contributed by atoms with Crippen LogP contribution in [0.4, 0.5) is 11.8 Å². The van der Waals surface area contributed by atoms with Gasteiger partial charge in [0.2, 0.25) is 5.95 Å². The number of methoxy groups -OCH3 is 2. The SMILES string of the molecule is COc1cccc(CNCC2CCC(Nc3nc4c(c(N(C)C)n3)CCCC4)CC2)c1OC. The first-order valence-electron chi connectivity index (χ1n) is 12.3. The molecule has 7 nitrogen and oxygen atoms in total. The molecule has 33 heavy (non-hydrogen) atoms. The molecule has 1 heterocycles. The van der Waals surface area contributed by atoms with E-state index in [2.05, 4.69) is 35.7 Å². The Balaban J connectivity index is 1.27. The maximum Gasteiger partial charge on any atom is 0.225 e. The number of hydrogen-bond acceptors (Lipinski definition) is 7. The lowest BCUT2D eigenvalue weighted by atomic mass is 9.86. The van der Waals surface area contributed by atoms with Crippen molar-refractivity contribution in [3.63, 3.8) is 0 Å². The highest BCUT2D eigenvalue weighted by molar-refractivity contribution is 5.53. The highest BCUT2D eigenvalue weighted by Crippen LogP contribution is 2.32. The molecule has 4 rings (SSSR count). The number of aryl methyl sites for hydroxylation is 1. The summed E-state index contributed by atoms with van der Waals surface area (Å²) in [4.78, 5) is 11.9. The summed E-state index contributed by atoms with van der Waals surface area (Å²) >= 11 is 0. The second-order valence-electron chi connectivity index (χ2n) is 9.54. The summed E-state index contributed by atoms with van der Waals surface area (Å²) in [7, 11) is 7.54. The van der Waals surface area contributed by atoms with Gasteiger partial charge in [-0.05, 0) is 69.9 Å². The topological polar surface area (TPSA) is 71.5 Å². The summed E-state index contributed by atoms with van der Waals surface area (Å²) in [5.74, 6) is 4.20. The average molecular weight is 454 g/mol. The van der Waals surface area contributed by atoms with Gasteiger partial charge in [-0.3, -0.25) is 0 Å². The van der Waals surface area contributed by atoms with Crippen LogP contribution >= 0.6 is 0 Å². The van der Waals surface area contributed by atoms with Gasteiger partial charge in [-0.1, -0.05) is 12.1 Å². The van der Waals surface area contributed by atoms with Crippen molar-refractivity contribution in [2.45, 2.75) is 64.0 Å². The molecule has 0 amide bonds. The Hall–Kier alpha value is -2.54. The van der Waals surface area contributed by atoms with Gasteiger partial charge in [0, 0.05) is 37.8 Å². The van der Waals surface area contributed by atoms with Crippen LogP contribution in [0, 0.1) is 5.92 Å². The molecule has 1 saturated carbocycles. The molecule has 0 atom stereocenters. The molecule has 2 aliphatic rings. The maximum atomic E-state index is 5.55. The molecule has 1 aromatic heterocycles. The van der Waals surface area contributed by atoms with E-state index in [1.807, 2.05) is 12.1 Å². The summed E-state index contributed by atoms with van der Waals surface area (Å²) in [6.07, 6.45) is 9.39. The minimum absolute atomic E-state index is 0.455. The van der Waals surface area contributed by atoms with Crippen molar-refractivity contribution >= 4 is 11.8 Å². The lowest BCUT2D eigenvalue weighted by Crippen LogP contribution is -2.32. The normalized spacial score (nSPS) is 20.1. The number of fused-ring (bicyclic) bond motifs is 1. The zero-order chi connectivity index (χ0) is 23.2. The van der Waals surface area contributed by atoms with Gasteiger partial charge >= 0.3 is 0 Å². The molecule has 0 saturated heterocycles. The number of aromatic nitrogens is 2. The first-order valence-corrected chi connectivity index (χ1v) is 12.3. The van der Waals surface area contributed by atoms with E-state index in [1.54, 1.807) is 14.2 Å². The van der Waals surface area contributed by atoms with Crippen LogP contribution in [0.2, 0.25) is 0 Å². The number of hydrogen-bond donors (Lipinski definition) is 2. The Kier molecular flexibility index (Phi) is 7.91. The first kappa shape index (κ1) is 23.6. The molecule has 0 radical (unpaired) electrons. The zero-order valence-corrected chi connectivity index (χ0v) is 20.6. The van der Waals surface area contributed by atoms with Crippen molar-refractivity contribution in [2.75, 3.05) is 45.1 Å². The van der Waals surface area contributed by atoms with E-state index < -0.39 is 0 Å². The van der Waals surface area contributed by atoms with Crippen molar-refractivity contribution in [1.82, 2.24) is 15.3 Å². The molecule has 180 valence electrons. The van der Waals surface area contributed by atoms with Crippen LogP contribution in [0.3, 0.4) is 0 Å². The Morgan fingerprint density at radius 3 is 2.52 bits per heavy atom. The molecule has 2 aliphatic carbocycles. The molecular weight excluding hydrogens is 414 g/mol. The van der Waals surface area contributed by atoms with Gasteiger partial charge in [0.25, 0.3) is 0 Å². The van der Waals surface area contributed by atoms with Crippen LogP contribution in [0.1, 0.15) is 55.3 Å². The number of nitrogens with one attached hydrogen (secondary N) is 2. The Morgan fingerprint density at radius 1 is 1.00 bits per heavy atom. The number of rotatable bonds is 9. The largest absolute Gasteiger partial charge is 0.493 e. The highest BCUT2D eigenvalue weighted by Gasteiger charge is 2.24. The molecule has 0 aliphatic heterocycles. The molecular formula is C26H39N5O2. The van der Waals surface area contributed by atoms with Gasteiger partial charge in [-0.2, -0.15) is 4.98 Å². The smallest absolute Gasteiger partial charge is 0.225 e. The van der Waals surface area contributed by atoms with Gasteiger partial charge in [0.15, 0.2) is 11.5 Å². The Morgan fingerprint density at radius 2 is 1.79 bits per heavy atom. The predicted octanol–water partition coefficient (Wildman–Crippen LogP) is 4.20. The van der Waals surface area contributed by atoms with Crippen LogP contribution in [-0.4, -0.2) is 50.9 Å². The van der Waals surface area contributed by atoms with Crippen molar-refractivity contribution in [2.24, 2.45) is 5.92 Å². The average Bonchev–Trinajstić information content (AvgIpc) is 2.84. The summed E-state index contributed by atoms with van der Waals surface area (Å²) in [6, 6.07) is 6.50. The van der Waals surface area contributed by atoms with E-state index in [1.165, 1.54) is 36.9 Å². The van der Waals surface area contributed by atoms with E-state index >= 15 is 0 Å². The lowest BCUT2D eigenvalue weighted by Gasteiger charge is -2.30. The molecule has 1 fully saturated rings. The van der Waals surface area contributed by atoms with Crippen molar-refractivity contribution in [3.8, 4) is 11.5 Å². The van der Waals surface area contributed by atoms with Crippen LogP contribution in [-0.2, 0) is 19.4 Å². The molecule has 1 aromatic carbocycles.